The minimum atomic E-state index is -0.935. The number of hydrogen-bond donors (Lipinski definition) is 4. The number of esters is 1. The number of benzene rings is 1. The van der Waals surface area contributed by atoms with Crippen molar-refractivity contribution in [3.05, 3.63) is 57.9 Å². The first-order chi connectivity index (χ1) is 21.0. The van der Waals surface area contributed by atoms with Crippen molar-refractivity contribution < 1.29 is 28.7 Å². The molecule has 8 amide bonds. The molecule has 0 saturated carbocycles. The maximum Gasteiger partial charge on any atom is 0.337 e. The number of urea groups is 4. The monoisotopic (exact) mass is 606 g/mol. The third-order valence-electron chi connectivity index (χ3n) is 6.80. The number of allylic oxidation sites excluding steroid dienone is 2. The van der Waals surface area contributed by atoms with Crippen molar-refractivity contribution in [3.8, 4) is 12.1 Å². The summed E-state index contributed by atoms with van der Waals surface area (Å²) in [5, 5.41) is 29.0. The van der Waals surface area contributed by atoms with Crippen molar-refractivity contribution in [2.24, 2.45) is 0 Å². The average molecular weight is 607 g/mol. The summed E-state index contributed by atoms with van der Waals surface area (Å²) in [6.07, 6.45) is 2.41. The predicted octanol–water partition coefficient (Wildman–Crippen LogP) is 4.16. The molecule has 4 N–H and O–H groups in total. The van der Waals surface area contributed by atoms with Crippen molar-refractivity contribution in [2.45, 2.75) is 66.0 Å². The van der Waals surface area contributed by atoms with Crippen LogP contribution in [0.4, 0.5) is 19.2 Å². The summed E-state index contributed by atoms with van der Waals surface area (Å²) in [5.74, 6) is -0.550. The van der Waals surface area contributed by atoms with Gasteiger partial charge < -0.3 is 26.0 Å². The highest BCUT2D eigenvalue weighted by molar-refractivity contribution is 5.97. The molecule has 0 saturated heterocycles. The van der Waals surface area contributed by atoms with E-state index in [0.717, 1.165) is 22.6 Å². The highest BCUT2D eigenvalue weighted by Crippen LogP contribution is 2.33. The Labute approximate surface area is 256 Å². The summed E-state index contributed by atoms with van der Waals surface area (Å²) in [7, 11) is 1.26. The second kappa shape index (κ2) is 16.3. The van der Waals surface area contributed by atoms with E-state index in [9.17, 15) is 34.5 Å². The van der Waals surface area contributed by atoms with Gasteiger partial charge in [0.05, 0.1) is 42.0 Å². The molecule has 0 fully saturated rings. The second-order valence-electron chi connectivity index (χ2n) is 9.75. The van der Waals surface area contributed by atoms with Crippen molar-refractivity contribution in [1.82, 2.24) is 31.1 Å². The van der Waals surface area contributed by atoms with E-state index < -0.39 is 42.2 Å². The van der Waals surface area contributed by atoms with Gasteiger partial charge in [0.1, 0.15) is 6.04 Å². The van der Waals surface area contributed by atoms with E-state index in [-0.39, 0.29) is 11.1 Å². The molecule has 1 aromatic carbocycles. The normalized spacial score (nSPS) is 17.7. The zero-order valence-electron chi connectivity index (χ0n) is 25.7. The van der Waals surface area contributed by atoms with Crippen LogP contribution in [-0.4, -0.2) is 66.1 Å². The molecule has 0 spiro atoms. The summed E-state index contributed by atoms with van der Waals surface area (Å²) in [4.78, 5) is 62.5. The highest BCUT2D eigenvalue weighted by Gasteiger charge is 2.39. The molecule has 234 valence electrons. The van der Waals surface area contributed by atoms with Crippen LogP contribution in [0.3, 0.4) is 0 Å². The van der Waals surface area contributed by atoms with Crippen molar-refractivity contribution in [2.75, 3.05) is 20.2 Å². The van der Waals surface area contributed by atoms with Crippen LogP contribution < -0.4 is 21.3 Å². The molecule has 2 aliphatic rings. The Morgan fingerprint density at radius 3 is 1.98 bits per heavy atom. The number of nitriles is 2. The molecule has 44 heavy (non-hydrogen) atoms. The van der Waals surface area contributed by atoms with Gasteiger partial charge in [-0.05, 0) is 51.8 Å². The first-order valence-corrected chi connectivity index (χ1v) is 14.2. The topological polar surface area (TPSA) is 197 Å². The number of unbranched alkanes of at least 4 members (excludes halogenated alkanes) is 1. The average Bonchev–Trinajstić information content (AvgIpc) is 2.99. The van der Waals surface area contributed by atoms with Crippen LogP contribution in [0.2, 0.25) is 0 Å². The van der Waals surface area contributed by atoms with Gasteiger partial charge in [0.15, 0.2) is 0 Å². The van der Waals surface area contributed by atoms with E-state index >= 15 is 0 Å². The number of ether oxygens (including phenoxy) is 1. The van der Waals surface area contributed by atoms with E-state index in [4.69, 9.17) is 4.74 Å². The summed E-state index contributed by atoms with van der Waals surface area (Å²) >= 11 is 0. The quantitative estimate of drug-likeness (QED) is 0.332. The van der Waals surface area contributed by atoms with Crippen molar-refractivity contribution >= 4 is 30.1 Å². The molecule has 0 aliphatic carbocycles. The number of carbonyl (C=O) groups is 5. The fourth-order valence-electron chi connectivity index (χ4n) is 4.71. The lowest BCUT2D eigenvalue weighted by atomic mass is 9.93. The molecule has 2 heterocycles. The van der Waals surface area contributed by atoms with Crippen LogP contribution >= 0.6 is 0 Å². The van der Waals surface area contributed by atoms with E-state index in [0.29, 0.717) is 42.0 Å². The smallest absolute Gasteiger partial charge is 0.337 e. The van der Waals surface area contributed by atoms with Crippen LogP contribution in [0, 0.1) is 22.7 Å². The maximum atomic E-state index is 12.4. The number of imide groups is 2. The molecule has 0 radical (unpaired) electrons. The van der Waals surface area contributed by atoms with Gasteiger partial charge in [-0.2, -0.15) is 10.5 Å². The van der Waals surface area contributed by atoms with Gasteiger partial charge in [-0.1, -0.05) is 31.9 Å². The van der Waals surface area contributed by atoms with Crippen molar-refractivity contribution in [1.29, 1.82) is 10.5 Å². The Hall–Kier alpha value is -5.37. The van der Waals surface area contributed by atoms with E-state index in [1.807, 2.05) is 13.0 Å². The molecule has 14 nitrogen and oxygen atoms in total. The highest BCUT2D eigenvalue weighted by atomic mass is 16.5. The minimum Gasteiger partial charge on any atom is -0.465 e. The van der Waals surface area contributed by atoms with Gasteiger partial charge in [-0.25, -0.2) is 33.8 Å². The fourth-order valence-corrected chi connectivity index (χ4v) is 4.71. The van der Waals surface area contributed by atoms with E-state index in [2.05, 4.69) is 27.3 Å². The van der Waals surface area contributed by atoms with Crippen LogP contribution in [0.5, 0.6) is 0 Å². The molecule has 3 rings (SSSR count). The summed E-state index contributed by atoms with van der Waals surface area (Å²) in [6.45, 7) is 9.57. The SMILES string of the molecule is CCCCC1C(C#N)=C(C)NC(=O)N1C(=O)NCC.CCNC(=O)N1C(=O)NC(C)=C(C#N)C1c1cccc(C(=O)OC)c1. The number of nitrogens with zero attached hydrogens (tertiary/aromatic N) is 4. The molecule has 0 bridgehead atoms. The van der Waals surface area contributed by atoms with Gasteiger partial charge in [-0.15, -0.1) is 0 Å². The van der Waals surface area contributed by atoms with E-state index in [1.165, 1.54) is 13.2 Å². The molecular formula is C30H38N8O6. The van der Waals surface area contributed by atoms with Crippen LogP contribution in [0.15, 0.2) is 46.8 Å². The van der Waals surface area contributed by atoms with Gasteiger partial charge in [0.25, 0.3) is 0 Å². The number of carbonyl (C=O) groups excluding carboxylic acids is 5. The first-order valence-electron chi connectivity index (χ1n) is 14.2. The maximum absolute atomic E-state index is 12.4. The van der Waals surface area contributed by atoms with E-state index in [1.54, 1.807) is 45.9 Å². The van der Waals surface area contributed by atoms with Gasteiger partial charge in [0.2, 0.25) is 0 Å². The van der Waals surface area contributed by atoms with Crippen molar-refractivity contribution in [3.63, 3.8) is 0 Å². The number of amides is 8. The number of nitrogens with one attached hydrogen (secondary N) is 4. The fraction of sp³-hybridized carbons (Fsp3) is 0.433. The Balaban J connectivity index is 0.000000319. The molecule has 2 unspecified atom stereocenters. The Bertz CT molecular complexity index is 1440. The third-order valence-corrected chi connectivity index (χ3v) is 6.80. The lowest BCUT2D eigenvalue weighted by molar-refractivity contribution is 0.0600. The molecule has 2 aliphatic heterocycles. The summed E-state index contributed by atoms with van der Waals surface area (Å²) < 4.78 is 4.70. The Morgan fingerprint density at radius 2 is 1.45 bits per heavy atom. The van der Waals surface area contributed by atoms with Gasteiger partial charge in [-0.3, -0.25) is 0 Å². The molecular weight excluding hydrogens is 568 g/mol. The third kappa shape index (κ3) is 7.92. The number of hydrogen-bond acceptors (Lipinski definition) is 8. The van der Waals surface area contributed by atoms with Crippen LogP contribution in [0.25, 0.3) is 0 Å². The van der Waals surface area contributed by atoms with Gasteiger partial charge in [0, 0.05) is 24.5 Å². The minimum absolute atomic E-state index is 0.216. The summed E-state index contributed by atoms with van der Waals surface area (Å²) in [6, 6.07) is 6.85. The summed E-state index contributed by atoms with van der Waals surface area (Å²) in [5.41, 5.74) is 2.29. The Morgan fingerprint density at radius 1 is 0.909 bits per heavy atom. The zero-order valence-corrected chi connectivity index (χ0v) is 25.7. The van der Waals surface area contributed by atoms with Gasteiger partial charge >= 0.3 is 30.1 Å². The second-order valence-corrected chi connectivity index (χ2v) is 9.75. The predicted molar refractivity (Wildman–Crippen MR) is 159 cm³/mol. The largest absolute Gasteiger partial charge is 0.465 e. The molecule has 2 atom stereocenters. The molecule has 1 aromatic rings. The molecule has 14 heteroatoms. The first kappa shape index (κ1) is 34.8. The standard InChI is InChI=1S/C17H18N4O4.C13H20N4O2/c1-4-19-16(23)21-14(13(9-18)10(2)20-17(21)24)11-6-5-7-12(8-11)15(22)25-3;1-4-6-7-11-10(8-14)9(3)16-13(19)17(11)12(18)15-5-2/h5-8,14H,4H2,1-3H3,(H,19,23)(H,20,24);11H,4-7H2,1-3H3,(H,15,18)(H,16,19). The number of methoxy groups -OCH3 is 1. The lowest BCUT2D eigenvalue weighted by Gasteiger charge is -2.34. The van der Waals surface area contributed by atoms with Crippen LogP contribution in [0.1, 0.15) is 75.8 Å². The molecule has 0 aromatic heterocycles. The van der Waals surface area contributed by atoms with Crippen LogP contribution in [-0.2, 0) is 4.74 Å². The zero-order chi connectivity index (χ0) is 33.0. The lowest BCUT2D eigenvalue weighted by Crippen LogP contribution is -2.56. The Kier molecular flexibility index (Phi) is 12.9. The number of rotatable bonds is 7.